The quantitative estimate of drug-likeness (QED) is 0.426. The van der Waals surface area contributed by atoms with Gasteiger partial charge in [0.05, 0.1) is 22.9 Å². The highest BCUT2D eigenvalue weighted by Crippen LogP contribution is 2.34. The molecule has 2 N–H and O–H groups in total. The number of imidazole rings is 1. The molecule has 9 nitrogen and oxygen atoms in total. The number of anilines is 1. The van der Waals surface area contributed by atoms with Crippen LogP contribution in [0.2, 0.25) is 0 Å². The van der Waals surface area contributed by atoms with Gasteiger partial charge in [0.2, 0.25) is 0 Å². The van der Waals surface area contributed by atoms with Crippen molar-refractivity contribution in [2.75, 3.05) is 4.90 Å². The van der Waals surface area contributed by atoms with Crippen molar-refractivity contribution in [2.24, 2.45) is 4.99 Å². The van der Waals surface area contributed by atoms with Gasteiger partial charge in [0.25, 0.3) is 0 Å². The molecule has 0 saturated carbocycles. The minimum Gasteiger partial charge on any atom is -0.345 e. The molecule has 168 valence electrons. The van der Waals surface area contributed by atoms with Crippen LogP contribution in [0.5, 0.6) is 0 Å². The summed E-state index contributed by atoms with van der Waals surface area (Å²) in [5, 5.41) is 11.0. The van der Waals surface area contributed by atoms with E-state index in [1.807, 2.05) is 24.3 Å². The molecule has 2 amide bonds. The molecular weight excluding hydrogens is 442 g/mol. The number of fused-ring (bicyclic) bond motifs is 2. The number of hydrogen-bond donors (Lipinski definition) is 2. The van der Waals surface area contributed by atoms with Crippen LogP contribution in [0.15, 0.2) is 72.0 Å². The molecule has 0 spiro atoms. The standard InChI is InChI=1S/C23H16F2N8O/c24-14-7-13(8-15(25)9-14)21-22(28-12-32-20-4-2-1-3-18(20)30-31-32)29-23(34)33(21)16-5-6-17-19(10-16)27-11-26-17/h1-11,21H,12H2,(H,26,27)(H,28,29,34). The molecule has 34 heavy (non-hydrogen) atoms. The van der Waals surface area contributed by atoms with Crippen LogP contribution in [0, 0.1) is 11.6 Å². The number of carbonyl (C=O) groups is 1. The van der Waals surface area contributed by atoms with Crippen LogP contribution in [0.25, 0.3) is 22.1 Å². The molecule has 3 heterocycles. The molecule has 0 bridgehead atoms. The van der Waals surface area contributed by atoms with Crippen LogP contribution in [0.1, 0.15) is 11.6 Å². The maximum Gasteiger partial charge on any atom is 0.328 e. The molecule has 0 radical (unpaired) electrons. The molecule has 0 aliphatic carbocycles. The molecule has 1 aliphatic heterocycles. The Kier molecular flexibility index (Phi) is 4.54. The topological polar surface area (TPSA) is 104 Å². The molecule has 1 fully saturated rings. The number of aromatic nitrogens is 5. The summed E-state index contributed by atoms with van der Waals surface area (Å²) in [6, 6.07) is 14.4. The number of urea groups is 1. The number of benzene rings is 3. The number of nitrogens with zero attached hydrogens (tertiary/aromatic N) is 6. The van der Waals surface area contributed by atoms with E-state index < -0.39 is 23.7 Å². The molecule has 5 aromatic rings. The van der Waals surface area contributed by atoms with E-state index in [4.69, 9.17) is 0 Å². The number of halogens is 2. The van der Waals surface area contributed by atoms with E-state index >= 15 is 0 Å². The van der Waals surface area contributed by atoms with E-state index in [-0.39, 0.29) is 18.1 Å². The predicted octanol–water partition coefficient (Wildman–Crippen LogP) is 3.91. The maximum atomic E-state index is 14.1. The molecular formula is C23H16F2N8O. The highest BCUT2D eigenvalue weighted by atomic mass is 19.1. The third-order valence-electron chi connectivity index (χ3n) is 5.65. The number of H-pyrrole nitrogens is 1. The van der Waals surface area contributed by atoms with Gasteiger partial charge in [0.15, 0.2) is 0 Å². The Balaban J connectivity index is 1.45. The normalized spacial score (nSPS) is 17.2. The summed E-state index contributed by atoms with van der Waals surface area (Å²) >= 11 is 0. The lowest BCUT2D eigenvalue weighted by Crippen LogP contribution is -2.29. The zero-order chi connectivity index (χ0) is 23.2. The Bertz CT molecular complexity index is 1570. The number of aliphatic imine (C=N–C) groups is 1. The third-order valence-corrected chi connectivity index (χ3v) is 5.65. The van der Waals surface area contributed by atoms with Crippen molar-refractivity contribution in [3.05, 3.63) is 84.2 Å². The fourth-order valence-corrected chi connectivity index (χ4v) is 4.15. The van der Waals surface area contributed by atoms with Crippen molar-refractivity contribution in [3.8, 4) is 0 Å². The number of amides is 2. The van der Waals surface area contributed by atoms with E-state index in [0.717, 1.165) is 17.1 Å². The van der Waals surface area contributed by atoms with Gasteiger partial charge in [-0.3, -0.25) is 10.2 Å². The van der Waals surface area contributed by atoms with Crippen LogP contribution in [-0.2, 0) is 6.67 Å². The van der Waals surface area contributed by atoms with Crippen molar-refractivity contribution < 1.29 is 13.6 Å². The molecule has 3 aromatic carbocycles. The Morgan fingerprint density at radius 1 is 1.00 bits per heavy atom. The van der Waals surface area contributed by atoms with Gasteiger partial charge in [-0.05, 0) is 48.0 Å². The predicted molar refractivity (Wildman–Crippen MR) is 121 cm³/mol. The summed E-state index contributed by atoms with van der Waals surface area (Å²) in [6.07, 6.45) is 1.55. The third kappa shape index (κ3) is 3.34. The summed E-state index contributed by atoms with van der Waals surface area (Å²) in [4.78, 5) is 26.3. The lowest BCUT2D eigenvalue weighted by molar-refractivity contribution is 0.252. The average Bonchev–Trinajstić information content (AvgIpc) is 3.53. The van der Waals surface area contributed by atoms with Gasteiger partial charge in [0, 0.05) is 11.8 Å². The van der Waals surface area contributed by atoms with Crippen molar-refractivity contribution in [1.29, 1.82) is 0 Å². The number of rotatable bonds is 4. The number of aromatic amines is 1. The van der Waals surface area contributed by atoms with Crippen molar-refractivity contribution in [2.45, 2.75) is 12.7 Å². The van der Waals surface area contributed by atoms with Crippen molar-refractivity contribution >= 4 is 39.6 Å². The number of para-hydroxylation sites is 1. The first-order valence-corrected chi connectivity index (χ1v) is 10.4. The van der Waals surface area contributed by atoms with E-state index in [1.54, 1.807) is 29.2 Å². The van der Waals surface area contributed by atoms with E-state index in [2.05, 4.69) is 30.6 Å². The Hall–Kier alpha value is -4.67. The SMILES string of the molecule is O=C1N/C(=N\Cn2nnc3ccccc32)C(c2cc(F)cc(F)c2)N1c1ccc2[nH]cnc2c1. The smallest absolute Gasteiger partial charge is 0.328 e. The number of hydrogen-bond acceptors (Lipinski definition) is 5. The second kappa shape index (κ2) is 7.73. The van der Waals surface area contributed by atoms with Crippen LogP contribution in [0.4, 0.5) is 19.3 Å². The fraction of sp³-hybridized carbons (Fsp3) is 0.0870. The van der Waals surface area contributed by atoms with Gasteiger partial charge >= 0.3 is 6.03 Å². The van der Waals surface area contributed by atoms with Crippen LogP contribution < -0.4 is 10.2 Å². The second-order valence-corrected chi connectivity index (χ2v) is 7.77. The number of carbonyl (C=O) groups excluding carboxylic acids is 1. The first-order valence-electron chi connectivity index (χ1n) is 10.4. The lowest BCUT2D eigenvalue weighted by atomic mass is 10.0. The van der Waals surface area contributed by atoms with Crippen molar-refractivity contribution in [1.82, 2.24) is 30.3 Å². The summed E-state index contributed by atoms with van der Waals surface area (Å²) in [7, 11) is 0. The minimum absolute atomic E-state index is 0.0522. The summed E-state index contributed by atoms with van der Waals surface area (Å²) < 4.78 is 29.9. The second-order valence-electron chi connectivity index (χ2n) is 7.77. The maximum absolute atomic E-state index is 14.1. The average molecular weight is 458 g/mol. The summed E-state index contributed by atoms with van der Waals surface area (Å²) in [6.45, 7) is 0.0522. The number of nitrogens with one attached hydrogen (secondary N) is 2. The van der Waals surface area contributed by atoms with Crippen LogP contribution in [-0.4, -0.2) is 36.8 Å². The molecule has 1 unspecified atom stereocenters. The van der Waals surface area contributed by atoms with Gasteiger partial charge in [-0.1, -0.05) is 17.3 Å². The summed E-state index contributed by atoms with van der Waals surface area (Å²) in [5.41, 5.74) is 3.65. The van der Waals surface area contributed by atoms with Gasteiger partial charge < -0.3 is 4.98 Å². The van der Waals surface area contributed by atoms with Gasteiger partial charge in [-0.2, -0.15) is 0 Å². The van der Waals surface area contributed by atoms with E-state index in [0.29, 0.717) is 16.7 Å². The molecule has 6 rings (SSSR count). The molecule has 11 heteroatoms. The first kappa shape index (κ1) is 20.0. The number of amidine groups is 1. The minimum atomic E-state index is -0.885. The van der Waals surface area contributed by atoms with Gasteiger partial charge in [0.1, 0.15) is 35.7 Å². The Morgan fingerprint density at radius 3 is 2.68 bits per heavy atom. The summed E-state index contributed by atoms with van der Waals surface area (Å²) in [5.74, 6) is -1.27. The zero-order valence-electron chi connectivity index (χ0n) is 17.5. The molecule has 1 aliphatic rings. The molecule has 2 aromatic heterocycles. The molecule has 1 atom stereocenters. The van der Waals surface area contributed by atoms with Crippen LogP contribution >= 0.6 is 0 Å². The Labute approximate surface area is 190 Å². The highest BCUT2D eigenvalue weighted by molar-refractivity contribution is 6.16. The van der Waals surface area contributed by atoms with E-state index in [1.165, 1.54) is 17.0 Å². The molecule has 1 saturated heterocycles. The zero-order valence-corrected chi connectivity index (χ0v) is 17.5. The Morgan fingerprint density at radius 2 is 1.82 bits per heavy atom. The van der Waals surface area contributed by atoms with Crippen LogP contribution in [0.3, 0.4) is 0 Å². The highest BCUT2D eigenvalue weighted by Gasteiger charge is 2.39. The van der Waals surface area contributed by atoms with Gasteiger partial charge in [-0.15, -0.1) is 5.10 Å². The monoisotopic (exact) mass is 458 g/mol. The first-order chi connectivity index (χ1) is 16.6. The van der Waals surface area contributed by atoms with E-state index in [9.17, 15) is 13.6 Å². The van der Waals surface area contributed by atoms with Crippen molar-refractivity contribution in [3.63, 3.8) is 0 Å². The fourth-order valence-electron chi connectivity index (χ4n) is 4.15. The largest absolute Gasteiger partial charge is 0.345 e. The lowest BCUT2D eigenvalue weighted by Gasteiger charge is -2.23. The van der Waals surface area contributed by atoms with Gasteiger partial charge in [-0.25, -0.2) is 28.2 Å².